The molecule has 0 bridgehead atoms. The third-order valence-corrected chi connectivity index (χ3v) is 4.52. The molecule has 0 amide bonds. The summed E-state index contributed by atoms with van der Waals surface area (Å²) >= 11 is 0. The van der Waals surface area contributed by atoms with E-state index in [0.717, 1.165) is 5.57 Å². The fourth-order valence-electron chi connectivity index (χ4n) is 2.38. The van der Waals surface area contributed by atoms with E-state index in [2.05, 4.69) is 4.90 Å². The molecule has 1 unspecified atom stereocenters. The minimum absolute atomic E-state index is 0.0784. The highest BCUT2D eigenvalue weighted by Gasteiger charge is 2.47. The predicted molar refractivity (Wildman–Crippen MR) is 65.7 cm³/mol. The van der Waals surface area contributed by atoms with E-state index in [1.54, 1.807) is 12.2 Å². The Labute approximate surface area is 102 Å². The maximum Gasteiger partial charge on any atom is 0.237 e. The summed E-state index contributed by atoms with van der Waals surface area (Å²) in [5, 5.41) is 5.16. The number of nitrogens with zero attached hydrogens (tertiary/aromatic N) is 1. The molecular weight excluding hydrogens is 240 g/mol. The standard InChI is InChI=1S/C11H18N2O3S/c1-8-4-9(17(12,14)15)5-10(8)11(13(2)3)6-16-7-11/h4-5,8H,6-7H2,1-3H3,(H2,12,14,15). The minimum atomic E-state index is -3.61. The van der Waals surface area contributed by atoms with Gasteiger partial charge in [0.15, 0.2) is 0 Å². The van der Waals surface area contributed by atoms with Gasteiger partial charge in [0, 0.05) is 0 Å². The van der Waals surface area contributed by atoms with Crippen molar-refractivity contribution in [1.82, 2.24) is 4.90 Å². The Kier molecular flexibility index (Phi) is 2.94. The molecule has 6 heteroatoms. The molecule has 1 saturated heterocycles. The molecule has 96 valence electrons. The Morgan fingerprint density at radius 2 is 2.06 bits per heavy atom. The van der Waals surface area contributed by atoms with Crippen LogP contribution in [-0.4, -0.2) is 46.2 Å². The highest BCUT2D eigenvalue weighted by molar-refractivity contribution is 7.93. The first-order chi connectivity index (χ1) is 7.77. The second-order valence-electron chi connectivity index (χ2n) is 4.92. The highest BCUT2D eigenvalue weighted by atomic mass is 32.2. The maximum atomic E-state index is 11.3. The second kappa shape index (κ2) is 3.91. The van der Waals surface area contributed by atoms with Crippen LogP contribution in [0.1, 0.15) is 6.92 Å². The van der Waals surface area contributed by atoms with Crippen LogP contribution in [0.3, 0.4) is 0 Å². The van der Waals surface area contributed by atoms with Crippen LogP contribution in [0.2, 0.25) is 0 Å². The van der Waals surface area contributed by atoms with Crippen molar-refractivity contribution < 1.29 is 13.2 Å². The van der Waals surface area contributed by atoms with E-state index in [9.17, 15) is 8.42 Å². The van der Waals surface area contributed by atoms with Crippen LogP contribution in [0, 0.1) is 5.92 Å². The number of likely N-dealkylation sites (N-methyl/N-ethyl adjacent to an activating group) is 1. The molecular formula is C11H18N2O3S. The van der Waals surface area contributed by atoms with E-state index in [0.29, 0.717) is 13.2 Å². The number of hydrogen-bond donors (Lipinski definition) is 1. The Balaban J connectivity index is 2.37. The molecule has 2 N–H and O–H groups in total. The van der Waals surface area contributed by atoms with Gasteiger partial charge in [-0.15, -0.1) is 0 Å². The molecule has 1 heterocycles. The SMILES string of the molecule is CC1C=C(S(N)(=O)=O)C=C1C1(N(C)C)COC1. The van der Waals surface area contributed by atoms with Crippen molar-refractivity contribution in [3.63, 3.8) is 0 Å². The number of hydrogen-bond acceptors (Lipinski definition) is 4. The van der Waals surface area contributed by atoms with Gasteiger partial charge in [-0.05, 0) is 31.7 Å². The number of nitrogens with two attached hydrogens (primary N) is 1. The lowest BCUT2D eigenvalue weighted by atomic mass is 9.81. The van der Waals surface area contributed by atoms with Gasteiger partial charge in [-0.1, -0.05) is 13.0 Å². The van der Waals surface area contributed by atoms with Gasteiger partial charge in [0.25, 0.3) is 0 Å². The number of sulfonamides is 1. The summed E-state index contributed by atoms with van der Waals surface area (Å²) in [5.74, 6) is 0.0784. The fourth-order valence-corrected chi connectivity index (χ4v) is 3.07. The Hall–Kier alpha value is -0.690. The van der Waals surface area contributed by atoms with Gasteiger partial charge >= 0.3 is 0 Å². The Morgan fingerprint density at radius 1 is 1.47 bits per heavy atom. The topological polar surface area (TPSA) is 72.6 Å². The van der Waals surface area contributed by atoms with Crippen molar-refractivity contribution in [1.29, 1.82) is 0 Å². The second-order valence-corrected chi connectivity index (χ2v) is 6.48. The smallest absolute Gasteiger partial charge is 0.237 e. The quantitative estimate of drug-likeness (QED) is 0.777. The third-order valence-electron chi connectivity index (χ3n) is 3.61. The highest BCUT2D eigenvalue weighted by Crippen LogP contribution is 2.40. The van der Waals surface area contributed by atoms with Crippen molar-refractivity contribution in [3.05, 3.63) is 22.6 Å². The van der Waals surface area contributed by atoms with Crippen molar-refractivity contribution in [3.8, 4) is 0 Å². The molecule has 0 radical (unpaired) electrons. The summed E-state index contributed by atoms with van der Waals surface area (Å²) in [6, 6.07) is 0. The zero-order valence-corrected chi connectivity index (χ0v) is 11.1. The van der Waals surface area contributed by atoms with Crippen LogP contribution in [-0.2, 0) is 14.8 Å². The molecule has 5 nitrogen and oxygen atoms in total. The first-order valence-electron chi connectivity index (χ1n) is 5.49. The van der Waals surface area contributed by atoms with Crippen LogP contribution in [0.5, 0.6) is 0 Å². The molecule has 0 aromatic heterocycles. The van der Waals surface area contributed by atoms with Crippen LogP contribution in [0.15, 0.2) is 22.6 Å². The van der Waals surface area contributed by atoms with E-state index in [1.807, 2.05) is 21.0 Å². The van der Waals surface area contributed by atoms with Gasteiger partial charge in [0.1, 0.15) is 0 Å². The van der Waals surface area contributed by atoms with Gasteiger partial charge in [-0.2, -0.15) is 0 Å². The normalized spacial score (nSPS) is 27.7. The molecule has 2 rings (SSSR count). The van der Waals surface area contributed by atoms with E-state index < -0.39 is 10.0 Å². The summed E-state index contributed by atoms with van der Waals surface area (Å²) in [5.41, 5.74) is 0.889. The zero-order chi connectivity index (χ0) is 12.8. The average molecular weight is 258 g/mol. The predicted octanol–water partition coefficient (Wildman–Crippen LogP) is 0.0655. The first-order valence-corrected chi connectivity index (χ1v) is 7.04. The van der Waals surface area contributed by atoms with Crippen molar-refractivity contribution in [2.75, 3.05) is 27.3 Å². The lowest BCUT2D eigenvalue weighted by molar-refractivity contribution is -0.105. The summed E-state index contributed by atoms with van der Waals surface area (Å²) in [6.07, 6.45) is 3.40. The van der Waals surface area contributed by atoms with E-state index in [1.165, 1.54) is 0 Å². The number of primary sulfonamides is 1. The Morgan fingerprint density at radius 3 is 2.35 bits per heavy atom. The summed E-state index contributed by atoms with van der Waals surface area (Å²) in [6.45, 7) is 3.18. The molecule has 2 aliphatic rings. The first kappa shape index (κ1) is 12.8. The maximum absolute atomic E-state index is 11.3. The molecule has 0 spiro atoms. The van der Waals surface area contributed by atoms with Crippen LogP contribution in [0.25, 0.3) is 0 Å². The third kappa shape index (κ3) is 1.95. The van der Waals surface area contributed by atoms with Gasteiger partial charge in [-0.25, -0.2) is 13.6 Å². The van der Waals surface area contributed by atoms with Crippen molar-refractivity contribution in [2.24, 2.45) is 11.1 Å². The molecule has 1 aliphatic heterocycles. The van der Waals surface area contributed by atoms with E-state index in [-0.39, 0.29) is 16.4 Å². The summed E-state index contributed by atoms with van der Waals surface area (Å²) in [4.78, 5) is 2.30. The molecule has 0 aromatic rings. The average Bonchev–Trinajstić information content (AvgIpc) is 2.45. The fraction of sp³-hybridized carbons (Fsp3) is 0.636. The zero-order valence-electron chi connectivity index (χ0n) is 10.3. The summed E-state index contributed by atoms with van der Waals surface area (Å²) in [7, 11) is 0.341. The Bertz CT molecular complexity index is 487. The molecule has 0 saturated carbocycles. The lowest BCUT2D eigenvalue weighted by Gasteiger charge is -2.49. The van der Waals surface area contributed by atoms with E-state index in [4.69, 9.17) is 9.88 Å². The van der Waals surface area contributed by atoms with Gasteiger partial charge in [0.2, 0.25) is 10.0 Å². The molecule has 1 atom stereocenters. The minimum Gasteiger partial charge on any atom is -0.377 e. The van der Waals surface area contributed by atoms with Gasteiger partial charge in [0.05, 0.1) is 23.7 Å². The molecule has 1 fully saturated rings. The molecule has 0 aromatic carbocycles. The van der Waals surface area contributed by atoms with Crippen molar-refractivity contribution >= 4 is 10.0 Å². The summed E-state index contributed by atoms with van der Waals surface area (Å²) < 4.78 is 28.0. The van der Waals surface area contributed by atoms with Gasteiger partial charge < -0.3 is 4.74 Å². The van der Waals surface area contributed by atoms with Crippen LogP contribution < -0.4 is 5.14 Å². The van der Waals surface area contributed by atoms with E-state index >= 15 is 0 Å². The van der Waals surface area contributed by atoms with Crippen LogP contribution >= 0.6 is 0 Å². The molecule has 1 aliphatic carbocycles. The number of rotatable bonds is 3. The molecule has 17 heavy (non-hydrogen) atoms. The van der Waals surface area contributed by atoms with Crippen molar-refractivity contribution in [2.45, 2.75) is 12.5 Å². The van der Waals surface area contributed by atoms with Crippen LogP contribution in [0.4, 0.5) is 0 Å². The van der Waals surface area contributed by atoms with Gasteiger partial charge in [-0.3, -0.25) is 4.90 Å². The monoisotopic (exact) mass is 258 g/mol. The number of ether oxygens (including phenoxy) is 1. The largest absolute Gasteiger partial charge is 0.377 e. The lowest BCUT2D eigenvalue weighted by Crippen LogP contribution is -2.61. The number of allylic oxidation sites excluding steroid dienone is 2.